The first kappa shape index (κ1) is 19.0. The minimum absolute atomic E-state index is 0.157. The van der Waals surface area contributed by atoms with Crippen molar-refractivity contribution in [3.63, 3.8) is 0 Å². The fourth-order valence-corrected chi connectivity index (χ4v) is 3.19. The molecule has 8 nitrogen and oxygen atoms in total. The molecular weight excluding hydrogens is 418 g/mol. The van der Waals surface area contributed by atoms with E-state index in [-0.39, 0.29) is 4.91 Å². The number of carboxylic acids is 1. The molecule has 25 heavy (non-hydrogen) atoms. The molecule has 0 saturated carbocycles. The number of esters is 1. The zero-order valence-electron chi connectivity index (χ0n) is 12.8. The summed E-state index contributed by atoms with van der Waals surface area (Å²) >= 11 is 3.94. The van der Waals surface area contributed by atoms with Crippen LogP contribution in [0.4, 0.5) is 4.79 Å². The minimum Gasteiger partial charge on any atom is -0.546 e. The Morgan fingerprint density at radius 3 is 2.68 bits per heavy atom. The number of hydrogen-bond acceptors (Lipinski definition) is 8. The Kier molecular flexibility index (Phi) is 6.21. The fourth-order valence-electron chi connectivity index (χ4n) is 1.84. The van der Waals surface area contributed by atoms with Crippen LogP contribution in [0.1, 0.15) is 5.56 Å². The van der Waals surface area contributed by atoms with E-state index >= 15 is 0 Å². The van der Waals surface area contributed by atoms with Crippen LogP contribution in [0.5, 0.6) is 5.75 Å². The molecule has 0 aromatic heterocycles. The topological polar surface area (TPSA) is 113 Å². The minimum atomic E-state index is -1.35. The van der Waals surface area contributed by atoms with E-state index in [1.165, 1.54) is 19.3 Å². The number of ether oxygens (including phenoxy) is 2. The third-order valence-corrected chi connectivity index (χ3v) is 4.51. The van der Waals surface area contributed by atoms with Gasteiger partial charge in [0.25, 0.3) is 11.1 Å². The number of methoxy groups -OCH3 is 1. The number of carbonyl (C=O) groups excluding carboxylic acids is 4. The number of hydrogen-bond donors (Lipinski definition) is 0. The number of nitrogens with zero attached hydrogens (tertiary/aromatic N) is 1. The van der Waals surface area contributed by atoms with Gasteiger partial charge in [-0.15, -0.1) is 0 Å². The largest absolute Gasteiger partial charge is 0.546 e. The molecule has 1 aliphatic rings. The predicted octanol–water partition coefficient (Wildman–Crippen LogP) is 0.787. The van der Waals surface area contributed by atoms with Crippen molar-refractivity contribution in [2.75, 3.05) is 20.3 Å². The number of carboxylic acid groups (broad SMARTS) is 1. The van der Waals surface area contributed by atoms with E-state index in [2.05, 4.69) is 20.7 Å². The van der Waals surface area contributed by atoms with Gasteiger partial charge in [0.1, 0.15) is 18.9 Å². The lowest BCUT2D eigenvalue weighted by Gasteiger charge is -2.10. The molecule has 0 bridgehead atoms. The van der Waals surface area contributed by atoms with E-state index in [4.69, 9.17) is 4.74 Å². The first-order chi connectivity index (χ1) is 11.8. The summed E-state index contributed by atoms with van der Waals surface area (Å²) in [4.78, 5) is 46.7. The molecular formula is C15H11BrNO7S-. The van der Waals surface area contributed by atoms with Crippen LogP contribution in [0.3, 0.4) is 0 Å². The number of halogens is 1. The highest BCUT2D eigenvalue weighted by atomic mass is 79.9. The molecule has 1 aromatic rings. The van der Waals surface area contributed by atoms with Gasteiger partial charge < -0.3 is 19.4 Å². The van der Waals surface area contributed by atoms with Crippen molar-refractivity contribution >= 4 is 56.9 Å². The van der Waals surface area contributed by atoms with Crippen LogP contribution in [-0.2, 0) is 19.1 Å². The lowest BCUT2D eigenvalue weighted by Crippen LogP contribution is -2.34. The number of carbonyl (C=O) groups is 4. The average Bonchev–Trinajstić information content (AvgIpc) is 2.81. The van der Waals surface area contributed by atoms with Gasteiger partial charge in [0.05, 0.1) is 22.5 Å². The summed E-state index contributed by atoms with van der Waals surface area (Å²) in [6.07, 6.45) is 1.48. The Bertz CT molecular complexity index is 777. The lowest BCUT2D eigenvalue weighted by atomic mass is 10.2. The number of aliphatic carboxylic acids is 1. The van der Waals surface area contributed by atoms with Crippen molar-refractivity contribution in [2.45, 2.75) is 0 Å². The summed E-state index contributed by atoms with van der Waals surface area (Å²) in [6, 6.07) is 4.69. The van der Waals surface area contributed by atoms with Crippen molar-refractivity contribution in [1.29, 1.82) is 0 Å². The number of thioether (sulfide) groups is 1. The Morgan fingerprint density at radius 1 is 1.36 bits per heavy atom. The Morgan fingerprint density at radius 2 is 2.08 bits per heavy atom. The standard InChI is InChI=1S/C15H12BrNO7S/c1-23-13(20)6-17-14(21)11(25-15(17)22)5-8-2-3-10(9(16)4-8)24-7-12(18)19/h2-5H,6-7H2,1H3,(H,18,19)/p-1/b11-5+. The molecule has 0 spiro atoms. The third kappa shape index (κ3) is 4.83. The molecule has 1 heterocycles. The summed E-state index contributed by atoms with van der Waals surface area (Å²) in [5.74, 6) is -2.34. The van der Waals surface area contributed by atoms with Gasteiger partial charge in [-0.1, -0.05) is 6.07 Å². The van der Waals surface area contributed by atoms with Crippen LogP contribution < -0.4 is 9.84 Å². The summed E-state index contributed by atoms with van der Waals surface area (Å²) < 4.78 is 9.94. The van der Waals surface area contributed by atoms with Gasteiger partial charge >= 0.3 is 5.97 Å². The second-order valence-corrected chi connectivity index (χ2v) is 6.54. The molecule has 2 rings (SSSR count). The van der Waals surface area contributed by atoms with Crippen LogP contribution in [0.2, 0.25) is 0 Å². The van der Waals surface area contributed by atoms with E-state index in [9.17, 15) is 24.3 Å². The van der Waals surface area contributed by atoms with Crippen molar-refractivity contribution < 1.29 is 33.8 Å². The molecule has 0 N–H and O–H groups in total. The summed E-state index contributed by atoms with van der Waals surface area (Å²) in [7, 11) is 1.17. The molecule has 0 atom stereocenters. The zero-order valence-corrected chi connectivity index (χ0v) is 15.2. The van der Waals surface area contributed by atoms with Gasteiger partial charge in [-0.25, -0.2) is 0 Å². The first-order valence-corrected chi connectivity index (χ1v) is 8.37. The number of rotatable bonds is 6. The van der Waals surface area contributed by atoms with E-state index < -0.39 is 36.2 Å². The number of imide groups is 1. The average molecular weight is 429 g/mol. The quantitative estimate of drug-likeness (QED) is 0.482. The van der Waals surface area contributed by atoms with Crippen LogP contribution >= 0.6 is 27.7 Å². The molecule has 0 radical (unpaired) electrons. The highest BCUT2D eigenvalue weighted by Crippen LogP contribution is 2.33. The van der Waals surface area contributed by atoms with E-state index in [0.29, 0.717) is 27.5 Å². The van der Waals surface area contributed by atoms with Crippen molar-refractivity contribution in [2.24, 2.45) is 0 Å². The SMILES string of the molecule is COC(=O)CN1C(=O)S/C(=C/c2ccc(OCC(=O)[O-])c(Br)c2)C1=O. The Labute approximate surface area is 154 Å². The van der Waals surface area contributed by atoms with E-state index in [1.807, 2.05) is 0 Å². The van der Waals surface area contributed by atoms with Crippen LogP contribution in [0.25, 0.3) is 6.08 Å². The Hall–Kier alpha value is -2.33. The normalized spacial score (nSPS) is 15.6. The maximum Gasteiger partial charge on any atom is 0.325 e. The van der Waals surface area contributed by atoms with Crippen molar-refractivity contribution in [1.82, 2.24) is 4.90 Å². The molecule has 0 unspecified atom stereocenters. The summed E-state index contributed by atoms with van der Waals surface area (Å²) in [6.45, 7) is -1.04. The van der Waals surface area contributed by atoms with Crippen LogP contribution in [0, 0.1) is 0 Å². The van der Waals surface area contributed by atoms with Gasteiger partial charge in [-0.3, -0.25) is 19.3 Å². The smallest absolute Gasteiger partial charge is 0.325 e. The second kappa shape index (κ2) is 8.17. The van der Waals surface area contributed by atoms with Gasteiger partial charge in [0.2, 0.25) is 0 Å². The van der Waals surface area contributed by atoms with Crippen molar-refractivity contribution in [3.05, 3.63) is 33.1 Å². The van der Waals surface area contributed by atoms with Crippen molar-refractivity contribution in [3.8, 4) is 5.75 Å². The number of amides is 2. The first-order valence-electron chi connectivity index (χ1n) is 6.76. The summed E-state index contributed by atoms with van der Waals surface area (Å²) in [5.41, 5.74) is 0.580. The van der Waals surface area contributed by atoms with Gasteiger partial charge in [0.15, 0.2) is 0 Å². The zero-order chi connectivity index (χ0) is 18.6. The highest BCUT2D eigenvalue weighted by molar-refractivity contribution is 9.10. The molecule has 1 fully saturated rings. The molecule has 132 valence electrons. The highest BCUT2D eigenvalue weighted by Gasteiger charge is 2.36. The lowest BCUT2D eigenvalue weighted by molar-refractivity contribution is -0.307. The number of benzene rings is 1. The van der Waals surface area contributed by atoms with Gasteiger partial charge in [0, 0.05) is 0 Å². The molecule has 2 amide bonds. The molecule has 1 saturated heterocycles. The van der Waals surface area contributed by atoms with Crippen LogP contribution in [0.15, 0.2) is 27.6 Å². The van der Waals surface area contributed by atoms with E-state index in [0.717, 1.165) is 4.90 Å². The van der Waals surface area contributed by atoms with Crippen LogP contribution in [-0.4, -0.2) is 48.2 Å². The maximum atomic E-state index is 12.2. The summed E-state index contributed by atoms with van der Waals surface area (Å²) in [5, 5.41) is 9.85. The maximum absolute atomic E-state index is 12.2. The third-order valence-electron chi connectivity index (χ3n) is 2.99. The molecule has 0 aliphatic carbocycles. The second-order valence-electron chi connectivity index (χ2n) is 4.69. The monoisotopic (exact) mass is 428 g/mol. The predicted molar refractivity (Wildman–Crippen MR) is 89.3 cm³/mol. The molecule has 1 aromatic carbocycles. The van der Waals surface area contributed by atoms with Gasteiger partial charge in [-0.05, 0) is 51.5 Å². The molecule has 1 aliphatic heterocycles. The molecule has 10 heteroatoms. The Balaban J connectivity index is 2.16. The van der Waals surface area contributed by atoms with E-state index in [1.54, 1.807) is 12.1 Å². The fraction of sp³-hybridized carbons (Fsp3) is 0.200. The van der Waals surface area contributed by atoms with Gasteiger partial charge in [-0.2, -0.15) is 0 Å².